The van der Waals surface area contributed by atoms with Crippen molar-refractivity contribution in [1.29, 1.82) is 0 Å². The molecule has 0 saturated carbocycles. The topological polar surface area (TPSA) is 69.0 Å². The van der Waals surface area contributed by atoms with Crippen LogP contribution in [0.1, 0.15) is 18.7 Å². The maximum atomic E-state index is 12.2. The molecule has 1 aromatic rings. The van der Waals surface area contributed by atoms with Gasteiger partial charge < -0.3 is 19.5 Å². The van der Waals surface area contributed by atoms with E-state index in [1.807, 2.05) is 31.1 Å². The van der Waals surface area contributed by atoms with Crippen LogP contribution in [0.4, 0.5) is 4.79 Å². The van der Waals surface area contributed by atoms with Crippen LogP contribution in [0.15, 0.2) is 22.8 Å². The maximum Gasteiger partial charge on any atom is 0.317 e. The van der Waals surface area contributed by atoms with Crippen LogP contribution in [-0.2, 0) is 4.79 Å². The Kier molecular flexibility index (Phi) is 5.43. The van der Waals surface area contributed by atoms with Gasteiger partial charge in [0.05, 0.1) is 12.3 Å². The monoisotopic (exact) mass is 308 g/mol. The van der Waals surface area contributed by atoms with E-state index in [2.05, 4.69) is 5.32 Å². The molecule has 1 aliphatic rings. The summed E-state index contributed by atoms with van der Waals surface area (Å²) < 4.78 is 5.42. The Morgan fingerprint density at radius 3 is 2.41 bits per heavy atom. The molecule has 0 bridgehead atoms. The number of nitrogens with zero attached hydrogens (tertiary/aromatic N) is 3. The summed E-state index contributed by atoms with van der Waals surface area (Å²) >= 11 is 0. The second-order valence-electron chi connectivity index (χ2n) is 5.67. The second kappa shape index (κ2) is 7.31. The molecule has 1 fully saturated rings. The molecule has 1 aliphatic heterocycles. The number of furan rings is 1. The third-order valence-electron chi connectivity index (χ3n) is 3.95. The third kappa shape index (κ3) is 4.00. The van der Waals surface area contributed by atoms with Gasteiger partial charge in [-0.3, -0.25) is 9.69 Å². The smallest absolute Gasteiger partial charge is 0.317 e. The normalized spacial score (nSPS) is 16.7. The maximum absolute atomic E-state index is 12.2. The molecule has 1 atom stereocenters. The molecular formula is C15H24N4O3. The summed E-state index contributed by atoms with van der Waals surface area (Å²) in [6, 6.07) is 3.65. The van der Waals surface area contributed by atoms with E-state index in [-0.39, 0.29) is 18.0 Å². The van der Waals surface area contributed by atoms with Crippen molar-refractivity contribution in [3.05, 3.63) is 24.2 Å². The average Bonchev–Trinajstić information content (AvgIpc) is 3.01. The number of hydrogen-bond donors (Lipinski definition) is 1. The highest BCUT2D eigenvalue weighted by Gasteiger charge is 2.24. The van der Waals surface area contributed by atoms with Crippen molar-refractivity contribution in [1.82, 2.24) is 20.0 Å². The van der Waals surface area contributed by atoms with E-state index in [1.165, 1.54) is 0 Å². The number of piperazine rings is 1. The van der Waals surface area contributed by atoms with Gasteiger partial charge in [-0.1, -0.05) is 0 Å². The number of nitrogens with one attached hydrogen (secondary N) is 1. The van der Waals surface area contributed by atoms with Gasteiger partial charge >= 0.3 is 6.03 Å². The zero-order valence-electron chi connectivity index (χ0n) is 13.4. The molecule has 2 rings (SSSR count). The number of urea groups is 1. The molecule has 0 unspecified atom stereocenters. The Bertz CT molecular complexity index is 493. The molecule has 2 heterocycles. The average molecular weight is 308 g/mol. The first-order chi connectivity index (χ1) is 10.5. The first kappa shape index (κ1) is 16.4. The molecule has 3 amide bonds. The van der Waals surface area contributed by atoms with Gasteiger partial charge in [0.1, 0.15) is 5.76 Å². The Morgan fingerprint density at radius 2 is 1.91 bits per heavy atom. The lowest BCUT2D eigenvalue weighted by Gasteiger charge is -2.34. The number of amides is 3. The largest absolute Gasteiger partial charge is 0.468 e. The van der Waals surface area contributed by atoms with Crippen LogP contribution in [0.3, 0.4) is 0 Å². The van der Waals surface area contributed by atoms with E-state index in [1.54, 1.807) is 23.0 Å². The predicted octanol–water partition coefficient (Wildman–Crippen LogP) is 0.756. The molecule has 0 radical (unpaired) electrons. The first-order valence-corrected chi connectivity index (χ1v) is 7.47. The lowest BCUT2D eigenvalue weighted by Crippen LogP contribution is -2.53. The lowest BCUT2D eigenvalue weighted by molar-refractivity contribution is -0.130. The van der Waals surface area contributed by atoms with Crippen LogP contribution in [-0.4, -0.2) is 73.5 Å². The van der Waals surface area contributed by atoms with E-state index in [4.69, 9.17) is 4.42 Å². The van der Waals surface area contributed by atoms with E-state index in [0.29, 0.717) is 32.7 Å². The van der Waals surface area contributed by atoms with Crippen molar-refractivity contribution in [2.75, 3.05) is 46.8 Å². The van der Waals surface area contributed by atoms with Crippen molar-refractivity contribution in [3.63, 3.8) is 0 Å². The van der Waals surface area contributed by atoms with Gasteiger partial charge in [-0.25, -0.2) is 4.79 Å². The minimum Gasteiger partial charge on any atom is -0.468 e. The van der Waals surface area contributed by atoms with Gasteiger partial charge in [-0.15, -0.1) is 0 Å². The van der Waals surface area contributed by atoms with Gasteiger partial charge in [0, 0.05) is 39.6 Å². The zero-order chi connectivity index (χ0) is 16.1. The van der Waals surface area contributed by atoms with Crippen LogP contribution in [0.5, 0.6) is 0 Å². The quantitative estimate of drug-likeness (QED) is 0.891. The Labute approximate surface area is 130 Å². The van der Waals surface area contributed by atoms with Gasteiger partial charge in [-0.05, 0) is 26.2 Å². The second-order valence-corrected chi connectivity index (χ2v) is 5.67. The fraction of sp³-hybridized carbons (Fsp3) is 0.600. The molecule has 0 spiro atoms. The van der Waals surface area contributed by atoms with Crippen molar-refractivity contribution < 1.29 is 14.0 Å². The van der Waals surface area contributed by atoms with Crippen molar-refractivity contribution in [2.45, 2.75) is 13.0 Å². The van der Waals surface area contributed by atoms with Crippen LogP contribution >= 0.6 is 0 Å². The van der Waals surface area contributed by atoms with Crippen molar-refractivity contribution in [2.24, 2.45) is 0 Å². The number of carbonyl (C=O) groups is 2. The van der Waals surface area contributed by atoms with Gasteiger partial charge in [-0.2, -0.15) is 0 Å². The molecule has 0 aliphatic carbocycles. The van der Waals surface area contributed by atoms with Crippen molar-refractivity contribution >= 4 is 11.9 Å². The Morgan fingerprint density at radius 1 is 1.27 bits per heavy atom. The SMILES string of the molecule is CC(=O)N1CCN(C(=O)NC[C@H](c2ccco2)N(C)C)CC1. The number of hydrogen-bond acceptors (Lipinski definition) is 4. The molecule has 22 heavy (non-hydrogen) atoms. The van der Waals surface area contributed by atoms with E-state index in [9.17, 15) is 9.59 Å². The lowest BCUT2D eigenvalue weighted by atomic mass is 10.2. The van der Waals surface area contributed by atoms with Gasteiger partial charge in [0.15, 0.2) is 0 Å². The number of rotatable bonds is 4. The molecule has 0 aromatic carbocycles. The van der Waals surface area contributed by atoms with E-state index < -0.39 is 0 Å². The predicted molar refractivity (Wildman–Crippen MR) is 82.4 cm³/mol. The summed E-state index contributed by atoms with van der Waals surface area (Å²) in [5.74, 6) is 0.886. The fourth-order valence-corrected chi connectivity index (χ4v) is 2.54. The molecule has 7 heteroatoms. The summed E-state index contributed by atoms with van der Waals surface area (Å²) in [4.78, 5) is 29.0. The van der Waals surface area contributed by atoms with E-state index in [0.717, 1.165) is 5.76 Å². The van der Waals surface area contributed by atoms with Crippen LogP contribution < -0.4 is 5.32 Å². The summed E-state index contributed by atoms with van der Waals surface area (Å²) in [7, 11) is 3.90. The summed E-state index contributed by atoms with van der Waals surface area (Å²) in [6.45, 7) is 4.36. The third-order valence-corrected chi connectivity index (χ3v) is 3.95. The fourth-order valence-electron chi connectivity index (χ4n) is 2.54. The molecule has 1 saturated heterocycles. The highest BCUT2D eigenvalue weighted by molar-refractivity contribution is 5.76. The molecule has 7 nitrogen and oxygen atoms in total. The van der Waals surface area contributed by atoms with E-state index >= 15 is 0 Å². The summed E-state index contributed by atoms with van der Waals surface area (Å²) in [5.41, 5.74) is 0. The summed E-state index contributed by atoms with van der Waals surface area (Å²) in [5, 5.41) is 2.95. The highest BCUT2D eigenvalue weighted by Crippen LogP contribution is 2.17. The minimum absolute atomic E-state index is 0.00235. The molecule has 1 N–H and O–H groups in total. The molecule has 122 valence electrons. The summed E-state index contributed by atoms with van der Waals surface area (Å²) in [6.07, 6.45) is 1.63. The number of likely N-dealkylation sites (N-methyl/N-ethyl adjacent to an activating group) is 1. The van der Waals surface area contributed by atoms with Crippen LogP contribution in [0, 0.1) is 0 Å². The van der Waals surface area contributed by atoms with Crippen LogP contribution in [0.25, 0.3) is 0 Å². The zero-order valence-corrected chi connectivity index (χ0v) is 13.4. The highest BCUT2D eigenvalue weighted by atomic mass is 16.3. The number of carbonyl (C=O) groups excluding carboxylic acids is 2. The minimum atomic E-state index is -0.0957. The molecule has 1 aromatic heterocycles. The van der Waals surface area contributed by atoms with Crippen molar-refractivity contribution in [3.8, 4) is 0 Å². The first-order valence-electron chi connectivity index (χ1n) is 7.47. The van der Waals surface area contributed by atoms with Gasteiger partial charge in [0.2, 0.25) is 5.91 Å². The standard InChI is InChI=1S/C15H24N4O3/c1-12(20)18-6-8-19(9-7-18)15(21)16-11-13(17(2)3)14-5-4-10-22-14/h4-5,10,13H,6-9,11H2,1-3H3,(H,16,21)/t13-/m1/s1. The van der Waals surface area contributed by atoms with Gasteiger partial charge in [0.25, 0.3) is 0 Å². The molecular weight excluding hydrogens is 284 g/mol. The Balaban J connectivity index is 1.83. The Hall–Kier alpha value is -2.02. The van der Waals surface area contributed by atoms with Crippen LogP contribution in [0.2, 0.25) is 0 Å².